The zero-order valence-corrected chi connectivity index (χ0v) is 30.6. The molecule has 2 aromatic rings. The topological polar surface area (TPSA) is 107 Å². The third-order valence-electron chi connectivity index (χ3n) is 9.76. The molecule has 1 saturated heterocycles. The van der Waals surface area contributed by atoms with Crippen molar-refractivity contribution in [2.45, 2.75) is 82.7 Å². The number of benzene rings is 2. The first-order valence-electron chi connectivity index (χ1n) is 17.1. The molecule has 2 aliphatic heterocycles. The van der Waals surface area contributed by atoms with E-state index >= 15 is 0 Å². The van der Waals surface area contributed by atoms with Gasteiger partial charge in [-0.05, 0) is 58.9 Å². The Balaban J connectivity index is 1.73. The number of fused-ring (bicyclic) bond motifs is 1. The summed E-state index contributed by atoms with van der Waals surface area (Å²) in [6, 6.07) is 13.0. The van der Waals surface area contributed by atoms with Gasteiger partial charge in [0.25, 0.3) is 0 Å². The van der Waals surface area contributed by atoms with Crippen LogP contribution in [0.5, 0.6) is 11.5 Å². The number of piperidine rings is 1. The Morgan fingerprint density at radius 1 is 1.02 bits per heavy atom. The molecule has 1 amide bonds. The minimum atomic E-state index is -2.48. The maximum absolute atomic E-state index is 14.0. The molecule has 4 rings (SSSR count). The number of nitrogens with zero attached hydrogens (tertiary/aromatic N) is 2. The fraction of sp³-hybridized carbons (Fsp3) is 0.568. The maximum Gasteiger partial charge on any atom is 0.407 e. The Morgan fingerprint density at radius 2 is 1.69 bits per heavy atom. The molecule has 264 valence electrons. The molecule has 0 aliphatic carbocycles. The molecule has 0 saturated carbocycles. The van der Waals surface area contributed by atoms with Crippen molar-refractivity contribution < 1.29 is 38.1 Å². The Labute approximate surface area is 287 Å². The molecule has 10 nitrogen and oxygen atoms in total. The van der Waals surface area contributed by atoms with Crippen molar-refractivity contribution in [1.29, 1.82) is 0 Å². The number of esters is 1. The average molecular weight is 683 g/mol. The number of likely N-dealkylation sites (tertiary alicyclic amines) is 1. The van der Waals surface area contributed by atoms with Gasteiger partial charge in [0.1, 0.15) is 30.8 Å². The number of carbonyl (C=O) groups excluding carboxylic acids is 1. The predicted molar refractivity (Wildman–Crippen MR) is 190 cm³/mol. The van der Waals surface area contributed by atoms with Gasteiger partial charge in [-0.15, -0.1) is 0 Å². The number of ether oxygens (including phenoxy) is 4. The smallest absolute Gasteiger partial charge is 0.407 e. The lowest BCUT2D eigenvalue weighted by Crippen LogP contribution is -2.59. The summed E-state index contributed by atoms with van der Waals surface area (Å²) in [6.07, 6.45) is 0.135. The lowest BCUT2D eigenvalue weighted by molar-refractivity contribution is -0.0381. The van der Waals surface area contributed by atoms with E-state index in [1.807, 2.05) is 30.3 Å². The molecule has 48 heavy (non-hydrogen) atoms. The van der Waals surface area contributed by atoms with Gasteiger partial charge in [0.15, 0.2) is 0 Å². The Kier molecular flexibility index (Phi) is 13.0. The largest absolute Gasteiger partial charge is 0.490 e. The van der Waals surface area contributed by atoms with Crippen molar-refractivity contribution >= 4 is 26.1 Å². The second kappa shape index (κ2) is 16.7. The number of amides is 1. The lowest BCUT2D eigenvalue weighted by atomic mass is 9.84. The Morgan fingerprint density at radius 3 is 2.29 bits per heavy atom. The van der Waals surface area contributed by atoms with Crippen LogP contribution < -0.4 is 14.4 Å². The molecule has 0 radical (unpaired) electrons. The number of anilines is 1. The highest BCUT2D eigenvalue weighted by Gasteiger charge is 2.51. The third-order valence-corrected chi connectivity index (χ3v) is 15.9. The van der Waals surface area contributed by atoms with Crippen LogP contribution in [0.15, 0.2) is 55.1 Å². The van der Waals surface area contributed by atoms with Gasteiger partial charge in [-0.1, -0.05) is 66.3 Å². The molecule has 2 aliphatic rings. The first-order chi connectivity index (χ1) is 22.9. The molecule has 3 atom stereocenters. The zero-order valence-electron chi connectivity index (χ0n) is 29.6. The molecule has 0 bridgehead atoms. The van der Waals surface area contributed by atoms with E-state index in [1.165, 1.54) is 4.90 Å². The van der Waals surface area contributed by atoms with Gasteiger partial charge in [0, 0.05) is 32.7 Å². The SMILES string of the molecule is C=CCOc1ccc([C@@H]2[C@@H](OC(=O)c3ccc4c(c3)N(CCCOC)CCO4)CN(C(=O)O)C[C@H]2O[Si](C(C)C)(C(C)C)C(C)C)cc1. The summed E-state index contributed by atoms with van der Waals surface area (Å²) in [5.74, 6) is 0.474. The monoisotopic (exact) mass is 682 g/mol. The quantitative estimate of drug-likeness (QED) is 0.0893. The van der Waals surface area contributed by atoms with E-state index in [-0.39, 0.29) is 29.7 Å². The summed E-state index contributed by atoms with van der Waals surface area (Å²) in [5.41, 5.74) is 2.94. The van der Waals surface area contributed by atoms with Crippen LogP contribution in [-0.2, 0) is 13.9 Å². The van der Waals surface area contributed by atoms with Crippen molar-refractivity contribution in [2.75, 3.05) is 58.0 Å². The first-order valence-corrected chi connectivity index (χ1v) is 19.3. The number of carbonyl (C=O) groups is 2. The van der Waals surface area contributed by atoms with Gasteiger partial charge in [0.05, 0.1) is 30.4 Å². The maximum atomic E-state index is 14.0. The van der Waals surface area contributed by atoms with Gasteiger partial charge in [-0.25, -0.2) is 9.59 Å². The van der Waals surface area contributed by atoms with E-state index in [0.29, 0.717) is 43.4 Å². The van der Waals surface area contributed by atoms with Crippen LogP contribution in [0.25, 0.3) is 0 Å². The predicted octanol–water partition coefficient (Wildman–Crippen LogP) is 7.35. The molecular weight excluding hydrogens is 628 g/mol. The van der Waals surface area contributed by atoms with Crippen LogP contribution in [0.2, 0.25) is 16.6 Å². The van der Waals surface area contributed by atoms with E-state index < -0.39 is 38.5 Å². The molecular formula is C37H54N2O8Si. The molecule has 0 aromatic heterocycles. The molecule has 0 unspecified atom stereocenters. The normalized spacial score (nSPS) is 19.7. The number of methoxy groups -OCH3 is 1. The minimum absolute atomic E-state index is 0.0249. The molecule has 2 aromatic carbocycles. The van der Waals surface area contributed by atoms with Gasteiger partial charge < -0.3 is 38.3 Å². The Hall–Kier alpha value is -3.54. The Bertz CT molecular complexity index is 1360. The van der Waals surface area contributed by atoms with Crippen LogP contribution in [0.3, 0.4) is 0 Å². The highest BCUT2D eigenvalue weighted by Crippen LogP contribution is 2.46. The highest BCUT2D eigenvalue weighted by atomic mass is 28.4. The van der Waals surface area contributed by atoms with Crippen molar-refractivity contribution in [2.24, 2.45) is 0 Å². The van der Waals surface area contributed by atoms with E-state index in [1.54, 1.807) is 25.3 Å². The van der Waals surface area contributed by atoms with E-state index in [2.05, 4.69) is 53.0 Å². The van der Waals surface area contributed by atoms with Gasteiger partial charge >= 0.3 is 12.1 Å². The summed E-state index contributed by atoms with van der Waals surface area (Å²) in [5, 5.41) is 10.3. The summed E-state index contributed by atoms with van der Waals surface area (Å²) in [7, 11) is -0.795. The van der Waals surface area contributed by atoms with Crippen LogP contribution in [-0.4, -0.2) is 95.7 Å². The fourth-order valence-electron chi connectivity index (χ4n) is 7.63. The summed E-state index contributed by atoms with van der Waals surface area (Å²) < 4.78 is 30.5. The minimum Gasteiger partial charge on any atom is -0.490 e. The molecule has 11 heteroatoms. The van der Waals surface area contributed by atoms with Crippen molar-refractivity contribution in [1.82, 2.24) is 4.90 Å². The standard InChI is InChI=1S/C37H54N2O8Si/c1-9-19-44-30-14-11-28(12-15-30)35-33(23-39(37(41)42)24-34(35)47-48(25(2)3,26(4)5)27(6)7)46-36(40)29-13-16-32-31(22-29)38(18-21-45-32)17-10-20-43-8/h9,11-16,22,25-27,33-35H,1,10,17-21,23-24H2,2-8H3,(H,41,42)/t33-,34+,35+/m0/s1. The van der Waals surface area contributed by atoms with Crippen LogP contribution in [0.4, 0.5) is 10.5 Å². The van der Waals surface area contributed by atoms with Crippen molar-refractivity contribution in [3.8, 4) is 11.5 Å². The van der Waals surface area contributed by atoms with E-state index in [4.69, 9.17) is 23.4 Å². The van der Waals surface area contributed by atoms with E-state index in [9.17, 15) is 14.7 Å². The molecule has 1 N–H and O–H groups in total. The van der Waals surface area contributed by atoms with Gasteiger partial charge in [0.2, 0.25) is 8.32 Å². The second-order valence-corrected chi connectivity index (χ2v) is 19.1. The number of hydrogen-bond donors (Lipinski definition) is 1. The lowest BCUT2D eigenvalue weighted by Gasteiger charge is -2.50. The third kappa shape index (κ3) is 8.35. The average Bonchev–Trinajstić information content (AvgIpc) is 3.05. The van der Waals surface area contributed by atoms with E-state index in [0.717, 1.165) is 24.2 Å². The van der Waals surface area contributed by atoms with Crippen molar-refractivity contribution in [3.63, 3.8) is 0 Å². The summed E-state index contributed by atoms with van der Waals surface area (Å²) >= 11 is 0. The second-order valence-electron chi connectivity index (χ2n) is 13.7. The zero-order chi connectivity index (χ0) is 35.0. The van der Waals surface area contributed by atoms with Gasteiger partial charge in [-0.3, -0.25) is 0 Å². The molecule has 0 spiro atoms. The number of rotatable bonds is 15. The number of carboxylic acid groups (broad SMARTS) is 1. The molecule has 1 fully saturated rings. The van der Waals surface area contributed by atoms with Crippen LogP contribution in [0, 0.1) is 0 Å². The highest BCUT2D eigenvalue weighted by molar-refractivity contribution is 6.77. The van der Waals surface area contributed by atoms with Crippen molar-refractivity contribution in [3.05, 3.63) is 66.2 Å². The fourth-order valence-corrected chi connectivity index (χ4v) is 13.2. The number of hydrogen-bond acceptors (Lipinski definition) is 8. The summed E-state index contributed by atoms with van der Waals surface area (Å²) in [6.45, 7) is 20.2. The first kappa shape index (κ1) is 37.3. The van der Waals surface area contributed by atoms with Crippen LogP contribution in [0.1, 0.15) is 69.8 Å². The summed E-state index contributed by atoms with van der Waals surface area (Å²) in [4.78, 5) is 30.1. The molecule has 2 heterocycles. The van der Waals surface area contributed by atoms with Gasteiger partial charge in [-0.2, -0.15) is 0 Å². The van der Waals surface area contributed by atoms with Crippen LogP contribution >= 0.6 is 0 Å².